The topological polar surface area (TPSA) is 86.8 Å². The van der Waals surface area contributed by atoms with Gasteiger partial charge in [-0.1, -0.05) is 108 Å². The number of sulfonamides is 1. The number of anilines is 1. The highest BCUT2D eigenvalue weighted by Crippen LogP contribution is 2.31. The van der Waals surface area contributed by atoms with Crippen LogP contribution in [0.5, 0.6) is 0 Å². The van der Waals surface area contributed by atoms with Crippen molar-refractivity contribution in [3.8, 4) is 0 Å². The molecule has 0 bridgehead atoms. The van der Waals surface area contributed by atoms with Gasteiger partial charge in [-0.15, -0.1) is 0 Å². The number of nitrogens with zero attached hydrogens (tertiary/aromatic N) is 2. The highest BCUT2D eigenvalue weighted by atomic mass is 35.5. The Morgan fingerprint density at radius 1 is 0.822 bits per heavy atom. The standard InChI is InChI=1S/C35H37Cl2N3O4S/c1-4-26(3)38-35(42)33(22-27-12-6-5-7-13-27)39(23-28-14-8-9-15-30(28)36)34(41)24-40(32-17-11-10-16-31(32)37)45(43,44)29-20-18-25(2)19-21-29/h5-21,26,33H,4,22-24H2,1-3H3,(H,38,42). The SMILES string of the molecule is CCC(C)NC(=O)C(Cc1ccccc1)N(Cc1ccccc1Cl)C(=O)CN(c1ccccc1Cl)S(=O)(=O)c1ccc(C)cc1. The summed E-state index contributed by atoms with van der Waals surface area (Å²) in [6.07, 6.45) is 0.896. The number of halogens is 2. The van der Waals surface area contributed by atoms with Gasteiger partial charge in [0.25, 0.3) is 10.0 Å². The lowest BCUT2D eigenvalue weighted by Gasteiger charge is -2.34. The number of carbonyl (C=O) groups excluding carboxylic acids is 2. The van der Waals surface area contributed by atoms with E-state index in [2.05, 4.69) is 5.32 Å². The molecule has 4 aromatic carbocycles. The van der Waals surface area contributed by atoms with E-state index in [4.69, 9.17) is 23.2 Å². The number of aryl methyl sites for hydroxylation is 1. The Labute approximate surface area is 275 Å². The molecule has 0 aromatic heterocycles. The smallest absolute Gasteiger partial charge is 0.264 e. The fraction of sp³-hybridized carbons (Fsp3) is 0.257. The van der Waals surface area contributed by atoms with E-state index in [0.29, 0.717) is 17.0 Å². The predicted octanol–water partition coefficient (Wildman–Crippen LogP) is 7.05. The van der Waals surface area contributed by atoms with Crippen LogP contribution in [0.25, 0.3) is 0 Å². The summed E-state index contributed by atoms with van der Waals surface area (Å²) in [5, 5.41) is 3.61. The zero-order valence-corrected chi connectivity index (χ0v) is 27.8. The second kappa shape index (κ2) is 15.4. The lowest BCUT2D eigenvalue weighted by Crippen LogP contribution is -2.54. The summed E-state index contributed by atoms with van der Waals surface area (Å²) in [6.45, 7) is 5.08. The summed E-state index contributed by atoms with van der Waals surface area (Å²) < 4.78 is 29.3. The maximum atomic E-state index is 14.5. The number of amides is 2. The van der Waals surface area contributed by atoms with Gasteiger partial charge in [-0.2, -0.15) is 0 Å². The van der Waals surface area contributed by atoms with Gasteiger partial charge < -0.3 is 10.2 Å². The molecule has 0 spiro atoms. The van der Waals surface area contributed by atoms with Crippen LogP contribution in [0.4, 0.5) is 5.69 Å². The molecule has 0 aliphatic heterocycles. The Bertz CT molecular complexity index is 1720. The van der Waals surface area contributed by atoms with Gasteiger partial charge in [0, 0.05) is 24.0 Å². The molecule has 0 heterocycles. The lowest BCUT2D eigenvalue weighted by molar-refractivity contribution is -0.140. The van der Waals surface area contributed by atoms with Crippen molar-refractivity contribution in [2.24, 2.45) is 0 Å². The third kappa shape index (κ3) is 8.66. The number of para-hydroxylation sites is 1. The first-order chi connectivity index (χ1) is 21.5. The molecule has 0 radical (unpaired) electrons. The van der Waals surface area contributed by atoms with Crippen molar-refractivity contribution in [3.05, 3.63) is 130 Å². The van der Waals surface area contributed by atoms with Crippen LogP contribution in [0.1, 0.15) is 37.0 Å². The van der Waals surface area contributed by atoms with Crippen molar-refractivity contribution in [2.75, 3.05) is 10.8 Å². The molecule has 0 saturated carbocycles. The molecule has 2 unspecified atom stereocenters. The molecule has 0 aliphatic carbocycles. The van der Waals surface area contributed by atoms with E-state index < -0.39 is 28.5 Å². The molecular formula is C35H37Cl2N3O4S. The molecule has 2 atom stereocenters. The molecule has 45 heavy (non-hydrogen) atoms. The largest absolute Gasteiger partial charge is 0.352 e. The third-order valence-electron chi connectivity index (χ3n) is 7.58. The van der Waals surface area contributed by atoms with E-state index in [-0.39, 0.29) is 40.5 Å². The zero-order chi connectivity index (χ0) is 32.6. The molecule has 2 amide bonds. The number of benzene rings is 4. The minimum absolute atomic E-state index is 0.00817. The summed E-state index contributed by atoms with van der Waals surface area (Å²) in [5.41, 5.74) is 2.49. The average molecular weight is 667 g/mol. The highest BCUT2D eigenvalue weighted by Gasteiger charge is 2.35. The van der Waals surface area contributed by atoms with E-state index in [1.807, 2.05) is 51.1 Å². The number of hydrogen-bond acceptors (Lipinski definition) is 4. The van der Waals surface area contributed by atoms with Crippen molar-refractivity contribution in [1.82, 2.24) is 10.2 Å². The van der Waals surface area contributed by atoms with Crippen molar-refractivity contribution in [1.29, 1.82) is 0 Å². The fourth-order valence-corrected chi connectivity index (χ4v) is 6.73. The van der Waals surface area contributed by atoms with E-state index >= 15 is 0 Å². The molecule has 236 valence electrons. The Morgan fingerprint density at radius 2 is 1.42 bits per heavy atom. The van der Waals surface area contributed by atoms with Gasteiger partial charge in [0.1, 0.15) is 12.6 Å². The van der Waals surface area contributed by atoms with E-state index in [9.17, 15) is 18.0 Å². The molecule has 0 saturated heterocycles. The first-order valence-electron chi connectivity index (χ1n) is 14.7. The number of hydrogen-bond donors (Lipinski definition) is 1. The normalized spacial score (nSPS) is 12.6. The van der Waals surface area contributed by atoms with Crippen LogP contribution in [0.2, 0.25) is 10.0 Å². The van der Waals surface area contributed by atoms with Gasteiger partial charge >= 0.3 is 0 Å². The maximum Gasteiger partial charge on any atom is 0.264 e. The zero-order valence-electron chi connectivity index (χ0n) is 25.5. The summed E-state index contributed by atoms with van der Waals surface area (Å²) in [4.78, 5) is 29.9. The molecule has 0 fully saturated rings. The van der Waals surface area contributed by atoms with Crippen LogP contribution in [-0.4, -0.2) is 43.8 Å². The third-order valence-corrected chi connectivity index (χ3v) is 10.0. The van der Waals surface area contributed by atoms with E-state index in [1.54, 1.807) is 60.7 Å². The van der Waals surface area contributed by atoms with E-state index in [1.165, 1.54) is 17.0 Å². The summed E-state index contributed by atoms with van der Waals surface area (Å²) in [7, 11) is -4.26. The summed E-state index contributed by atoms with van der Waals surface area (Å²) in [6, 6.07) is 28.2. The van der Waals surface area contributed by atoms with Crippen LogP contribution in [0.15, 0.2) is 108 Å². The monoisotopic (exact) mass is 665 g/mol. The van der Waals surface area contributed by atoms with Gasteiger partial charge in [0.05, 0.1) is 15.6 Å². The lowest BCUT2D eigenvalue weighted by atomic mass is 10.0. The molecule has 7 nitrogen and oxygen atoms in total. The molecule has 4 aromatic rings. The Hall–Kier alpha value is -3.85. The minimum atomic E-state index is -4.26. The first-order valence-corrected chi connectivity index (χ1v) is 16.9. The Kier molecular flexibility index (Phi) is 11.7. The number of rotatable bonds is 13. The second-order valence-corrected chi connectivity index (χ2v) is 13.6. The summed E-state index contributed by atoms with van der Waals surface area (Å²) >= 11 is 13.1. The number of nitrogens with one attached hydrogen (secondary N) is 1. The number of carbonyl (C=O) groups is 2. The van der Waals surface area contributed by atoms with Gasteiger partial charge in [-0.3, -0.25) is 13.9 Å². The molecule has 1 N–H and O–H groups in total. The van der Waals surface area contributed by atoms with Crippen LogP contribution < -0.4 is 9.62 Å². The fourth-order valence-electron chi connectivity index (χ4n) is 4.81. The van der Waals surface area contributed by atoms with Crippen LogP contribution in [-0.2, 0) is 32.6 Å². The van der Waals surface area contributed by atoms with Crippen LogP contribution in [0.3, 0.4) is 0 Å². The second-order valence-electron chi connectivity index (χ2n) is 10.9. The van der Waals surface area contributed by atoms with Gasteiger partial charge in [-0.05, 0) is 61.7 Å². The molecule has 0 aliphatic rings. The predicted molar refractivity (Wildman–Crippen MR) is 181 cm³/mol. The Balaban J connectivity index is 1.83. The van der Waals surface area contributed by atoms with Gasteiger partial charge in [0.15, 0.2) is 0 Å². The van der Waals surface area contributed by atoms with Crippen molar-refractivity contribution in [2.45, 2.75) is 57.1 Å². The molecule has 4 rings (SSSR count). The van der Waals surface area contributed by atoms with Crippen molar-refractivity contribution in [3.63, 3.8) is 0 Å². The van der Waals surface area contributed by atoms with Crippen LogP contribution >= 0.6 is 23.2 Å². The molecule has 10 heteroatoms. The summed E-state index contributed by atoms with van der Waals surface area (Å²) in [5.74, 6) is -0.940. The quantitative estimate of drug-likeness (QED) is 0.166. The van der Waals surface area contributed by atoms with E-state index in [0.717, 1.165) is 15.4 Å². The molecular weight excluding hydrogens is 629 g/mol. The van der Waals surface area contributed by atoms with Crippen LogP contribution in [0, 0.1) is 6.92 Å². The van der Waals surface area contributed by atoms with Crippen molar-refractivity contribution < 1.29 is 18.0 Å². The minimum Gasteiger partial charge on any atom is -0.352 e. The first kappa shape index (κ1) is 34.0. The van der Waals surface area contributed by atoms with Crippen molar-refractivity contribution >= 4 is 50.7 Å². The Morgan fingerprint density at radius 3 is 2.04 bits per heavy atom. The maximum absolute atomic E-state index is 14.5. The average Bonchev–Trinajstić information content (AvgIpc) is 3.03. The van der Waals surface area contributed by atoms with Gasteiger partial charge in [-0.25, -0.2) is 8.42 Å². The van der Waals surface area contributed by atoms with Gasteiger partial charge in [0.2, 0.25) is 11.8 Å². The highest BCUT2D eigenvalue weighted by molar-refractivity contribution is 7.92.